The lowest BCUT2D eigenvalue weighted by atomic mass is 10.1. The molecule has 0 saturated carbocycles. The van der Waals surface area contributed by atoms with E-state index in [-0.39, 0.29) is 6.04 Å². The average Bonchev–Trinajstić information content (AvgIpc) is 2.35. The lowest BCUT2D eigenvalue weighted by Gasteiger charge is -2.18. The van der Waals surface area contributed by atoms with Gasteiger partial charge in [0.2, 0.25) is 0 Å². The lowest BCUT2D eigenvalue weighted by molar-refractivity contribution is 0.324. The van der Waals surface area contributed by atoms with Crippen LogP contribution in [0.25, 0.3) is 0 Å². The second kappa shape index (κ2) is 7.75. The van der Waals surface area contributed by atoms with Crippen LogP contribution in [0.1, 0.15) is 32.4 Å². The largest absolute Gasteiger partial charge is 0.324 e. The van der Waals surface area contributed by atoms with E-state index in [2.05, 4.69) is 43.0 Å². The minimum absolute atomic E-state index is 0.118. The molecule has 1 aromatic rings. The Balaban J connectivity index is 2.51. The molecule has 1 rings (SSSR count). The monoisotopic (exact) mass is 252 g/mol. The number of thioether (sulfide) groups is 1. The van der Waals surface area contributed by atoms with Crippen LogP contribution in [0, 0.1) is 0 Å². The zero-order valence-corrected chi connectivity index (χ0v) is 12.0. The molecule has 1 aromatic carbocycles. The fourth-order valence-electron chi connectivity index (χ4n) is 1.81. The molecule has 0 aliphatic heterocycles. The van der Waals surface area contributed by atoms with Crippen LogP contribution >= 0.6 is 11.8 Å². The molecule has 2 N–H and O–H groups in total. The maximum atomic E-state index is 5.97. The van der Waals surface area contributed by atoms with Gasteiger partial charge in [-0.3, -0.25) is 0 Å². The van der Waals surface area contributed by atoms with Gasteiger partial charge in [0.05, 0.1) is 0 Å². The minimum Gasteiger partial charge on any atom is -0.324 e. The first-order chi connectivity index (χ1) is 8.19. The van der Waals surface area contributed by atoms with E-state index >= 15 is 0 Å². The first kappa shape index (κ1) is 14.6. The summed E-state index contributed by atoms with van der Waals surface area (Å²) in [6, 6.07) is 8.57. The van der Waals surface area contributed by atoms with E-state index in [0.717, 1.165) is 25.4 Å². The third-order valence-corrected chi connectivity index (χ3v) is 4.04. The number of nitrogens with zero attached hydrogens (tertiary/aromatic N) is 1. The van der Waals surface area contributed by atoms with Crippen molar-refractivity contribution in [3.05, 3.63) is 29.8 Å². The summed E-state index contributed by atoms with van der Waals surface area (Å²) in [6.07, 6.45) is 0. The number of hydrogen-bond donors (Lipinski definition) is 1. The Morgan fingerprint density at radius 2 is 1.88 bits per heavy atom. The zero-order chi connectivity index (χ0) is 12.7. The number of hydrogen-bond acceptors (Lipinski definition) is 3. The van der Waals surface area contributed by atoms with Crippen molar-refractivity contribution in [1.29, 1.82) is 0 Å². The van der Waals surface area contributed by atoms with Gasteiger partial charge in [0, 0.05) is 23.2 Å². The summed E-state index contributed by atoms with van der Waals surface area (Å²) in [5.41, 5.74) is 7.24. The molecule has 96 valence electrons. The Kier molecular flexibility index (Phi) is 6.63. The van der Waals surface area contributed by atoms with Crippen LogP contribution in [0.4, 0.5) is 0 Å². The number of rotatable bonds is 7. The number of benzene rings is 1. The van der Waals surface area contributed by atoms with Crippen molar-refractivity contribution in [2.24, 2.45) is 5.73 Å². The van der Waals surface area contributed by atoms with E-state index < -0.39 is 0 Å². The molecule has 0 aromatic heterocycles. The summed E-state index contributed by atoms with van der Waals surface area (Å²) in [6.45, 7) is 9.88. The predicted octanol–water partition coefficient (Wildman–Crippen LogP) is 3.14. The third kappa shape index (κ3) is 4.70. The molecule has 0 spiro atoms. The van der Waals surface area contributed by atoms with Gasteiger partial charge in [-0.1, -0.05) is 32.0 Å². The zero-order valence-electron chi connectivity index (χ0n) is 11.1. The van der Waals surface area contributed by atoms with Gasteiger partial charge in [-0.25, -0.2) is 0 Å². The van der Waals surface area contributed by atoms with Crippen molar-refractivity contribution in [3.8, 4) is 0 Å². The Morgan fingerprint density at radius 1 is 1.24 bits per heavy atom. The maximum absolute atomic E-state index is 5.97. The van der Waals surface area contributed by atoms with Crippen LogP contribution < -0.4 is 5.73 Å². The predicted molar refractivity (Wildman–Crippen MR) is 77.6 cm³/mol. The van der Waals surface area contributed by atoms with Crippen molar-refractivity contribution in [2.45, 2.75) is 31.7 Å². The van der Waals surface area contributed by atoms with E-state index in [1.807, 2.05) is 18.7 Å². The third-order valence-electron chi connectivity index (χ3n) is 2.97. The van der Waals surface area contributed by atoms with E-state index in [9.17, 15) is 0 Å². The molecule has 0 amide bonds. The van der Waals surface area contributed by atoms with Crippen LogP contribution in [0.5, 0.6) is 0 Å². The molecule has 0 radical (unpaired) electrons. The molecule has 0 aliphatic rings. The molecule has 3 heteroatoms. The minimum atomic E-state index is 0.118. The summed E-state index contributed by atoms with van der Waals surface area (Å²) < 4.78 is 0. The molecule has 0 bridgehead atoms. The first-order valence-corrected chi connectivity index (χ1v) is 7.37. The molecular weight excluding hydrogens is 228 g/mol. The second-order valence-corrected chi connectivity index (χ2v) is 5.34. The van der Waals surface area contributed by atoms with Crippen molar-refractivity contribution in [1.82, 2.24) is 4.90 Å². The highest BCUT2D eigenvalue weighted by Gasteiger charge is 2.07. The van der Waals surface area contributed by atoms with Gasteiger partial charge in [0.1, 0.15) is 0 Å². The molecule has 17 heavy (non-hydrogen) atoms. The molecule has 0 unspecified atom stereocenters. The van der Waals surface area contributed by atoms with E-state index in [4.69, 9.17) is 5.73 Å². The smallest absolute Gasteiger partial charge is 0.0277 e. The standard InChI is InChI=1S/C14H24N2S/c1-4-16(5-2)10-11-17-14-9-7-6-8-13(14)12(3)15/h6-9,12H,4-5,10-11,15H2,1-3H3/t12-/m1/s1. The van der Waals surface area contributed by atoms with Crippen LogP contribution in [0.2, 0.25) is 0 Å². The summed E-state index contributed by atoms with van der Waals surface area (Å²) in [7, 11) is 0. The van der Waals surface area contributed by atoms with Gasteiger partial charge in [-0.2, -0.15) is 0 Å². The SMILES string of the molecule is CCN(CC)CCSc1ccccc1[C@@H](C)N. The Morgan fingerprint density at radius 3 is 2.47 bits per heavy atom. The van der Waals surface area contributed by atoms with Gasteiger partial charge in [-0.15, -0.1) is 11.8 Å². The highest BCUT2D eigenvalue weighted by Crippen LogP contribution is 2.26. The average molecular weight is 252 g/mol. The Hall–Kier alpha value is -0.510. The van der Waals surface area contributed by atoms with Crippen molar-refractivity contribution < 1.29 is 0 Å². The lowest BCUT2D eigenvalue weighted by Crippen LogP contribution is -2.25. The fourth-order valence-corrected chi connectivity index (χ4v) is 2.98. The second-order valence-electron chi connectivity index (χ2n) is 4.20. The van der Waals surface area contributed by atoms with Crippen LogP contribution in [0.15, 0.2) is 29.2 Å². The van der Waals surface area contributed by atoms with Gasteiger partial charge >= 0.3 is 0 Å². The van der Waals surface area contributed by atoms with Crippen molar-refractivity contribution in [3.63, 3.8) is 0 Å². The highest BCUT2D eigenvalue weighted by atomic mass is 32.2. The molecular formula is C14H24N2S. The summed E-state index contributed by atoms with van der Waals surface area (Å²) in [5.74, 6) is 1.13. The molecule has 0 saturated heterocycles. The summed E-state index contributed by atoms with van der Waals surface area (Å²) in [5, 5.41) is 0. The molecule has 0 heterocycles. The fraction of sp³-hybridized carbons (Fsp3) is 0.571. The molecule has 0 fully saturated rings. The van der Waals surface area contributed by atoms with Crippen LogP contribution in [-0.2, 0) is 0 Å². The number of nitrogens with two attached hydrogens (primary N) is 1. The summed E-state index contributed by atoms with van der Waals surface area (Å²) >= 11 is 1.91. The topological polar surface area (TPSA) is 29.3 Å². The van der Waals surface area contributed by atoms with Gasteiger partial charge in [-0.05, 0) is 31.6 Å². The Bertz CT molecular complexity index is 322. The van der Waals surface area contributed by atoms with Gasteiger partial charge in [0.25, 0.3) is 0 Å². The quantitative estimate of drug-likeness (QED) is 0.756. The molecule has 2 nitrogen and oxygen atoms in total. The summed E-state index contributed by atoms with van der Waals surface area (Å²) in [4.78, 5) is 3.77. The van der Waals surface area contributed by atoms with E-state index in [1.54, 1.807) is 0 Å². The molecule has 1 atom stereocenters. The first-order valence-electron chi connectivity index (χ1n) is 6.38. The van der Waals surface area contributed by atoms with E-state index in [1.165, 1.54) is 10.5 Å². The Labute approximate surface area is 110 Å². The molecule has 0 aliphatic carbocycles. The van der Waals surface area contributed by atoms with Crippen LogP contribution in [-0.4, -0.2) is 30.3 Å². The van der Waals surface area contributed by atoms with Crippen molar-refractivity contribution >= 4 is 11.8 Å². The maximum Gasteiger partial charge on any atom is 0.0277 e. The van der Waals surface area contributed by atoms with Gasteiger partial charge < -0.3 is 10.6 Å². The normalized spacial score (nSPS) is 13.0. The van der Waals surface area contributed by atoms with Crippen LogP contribution in [0.3, 0.4) is 0 Å². The van der Waals surface area contributed by atoms with Crippen molar-refractivity contribution in [2.75, 3.05) is 25.4 Å². The van der Waals surface area contributed by atoms with E-state index in [0.29, 0.717) is 0 Å². The highest BCUT2D eigenvalue weighted by molar-refractivity contribution is 7.99. The van der Waals surface area contributed by atoms with Gasteiger partial charge in [0.15, 0.2) is 0 Å².